The maximum absolute atomic E-state index is 8.01. The molecule has 1 heteroatoms. The monoisotopic (exact) mass is 107 g/mol. The highest BCUT2D eigenvalue weighted by Crippen LogP contribution is 1.87. The molecule has 8 heavy (non-hydrogen) atoms. The van der Waals surface area contributed by atoms with Crippen LogP contribution in [-0.2, 0) is 0 Å². The highest BCUT2D eigenvalue weighted by molar-refractivity contribution is 5.14. The number of hydrogen-bond acceptors (Lipinski definition) is 1. The molecule has 0 rings (SSSR count). The van der Waals surface area contributed by atoms with Crippen molar-refractivity contribution in [2.24, 2.45) is 0 Å². The van der Waals surface area contributed by atoms with E-state index in [1.54, 1.807) is 6.08 Å². The molecule has 0 aliphatic rings. The fraction of sp³-hybridized carbons (Fsp3) is 0.286. The number of allylic oxidation sites excluding steroid dienone is 4. The van der Waals surface area contributed by atoms with E-state index in [4.69, 9.17) is 5.26 Å². The normalized spacial score (nSPS) is 8.62. The molecule has 0 aromatic heterocycles. The van der Waals surface area contributed by atoms with Crippen molar-refractivity contribution in [2.75, 3.05) is 0 Å². The zero-order valence-electron chi connectivity index (χ0n) is 5.18. The molecule has 0 amide bonds. The van der Waals surface area contributed by atoms with Crippen molar-refractivity contribution < 1.29 is 0 Å². The highest BCUT2D eigenvalue weighted by atomic mass is 14.2. The maximum Gasteiger partial charge on any atom is 0.0912 e. The molecule has 0 atom stereocenters. The Bertz CT molecular complexity index is 142. The fourth-order valence-electron chi connectivity index (χ4n) is 0.284. The van der Waals surface area contributed by atoms with Crippen LogP contribution in [0.5, 0.6) is 0 Å². The molecule has 0 aromatic carbocycles. The Balaban J connectivity index is 3.63. The van der Waals surface area contributed by atoms with Crippen LogP contribution in [0.25, 0.3) is 0 Å². The Morgan fingerprint density at radius 1 is 1.50 bits per heavy atom. The predicted octanol–water partition coefficient (Wildman–Crippen LogP) is 2.03. The molecule has 0 aliphatic carbocycles. The largest absolute Gasteiger partial charge is 0.193 e. The molecule has 0 saturated heterocycles. The van der Waals surface area contributed by atoms with E-state index >= 15 is 0 Å². The second-order valence-electron chi connectivity index (χ2n) is 1.73. The van der Waals surface area contributed by atoms with Crippen LogP contribution in [0.15, 0.2) is 23.8 Å². The summed E-state index contributed by atoms with van der Waals surface area (Å²) in [5.74, 6) is 0. The third kappa shape index (κ3) is 4.97. The van der Waals surface area contributed by atoms with E-state index in [0.717, 1.165) is 0 Å². The van der Waals surface area contributed by atoms with Crippen molar-refractivity contribution >= 4 is 0 Å². The quantitative estimate of drug-likeness (QED) is 0.371. The van der Waals surface area contributed by atoms with Gasteiger partial charge in [0.25, 0.3) is 0 Å². The third-order valence-corrected chi connectivity index (χ3v) is 0.600. The molecular formula is C7H9N. The van der Waals surface area contributed by atoms with Gasteiger partial charge in [0.1, 0.15) is 0 Å². The van der Waals surface area contributed by atoms with Crippen LogP contribution < -0.4 is 0 Å². The minimum absolute atomic E-state index is 1.21. The molecule has 42 valence electrons. The Morgan fingerprint density at radius 2 is 2.12 bits per heavy atom. The van der Waals surface area contributed by atoms with Crippen molar-refractivity contribution in [1.82, 2.24) is 0 Å². The van der Waals surface area contributed by atoms with Gasteiger partial charge in [0, 0.05) is 6.08 Å². The van der Waals surface area contributed by atoms with Gasteiger partial charge in [-0.1, -0.05) is 17.7 Å². The molecule has 0 aromatic rings. The zero-order valence-corrected chi connectivity index (χ0v) is 5.18. The summed E-state index contributed by atoms with van der Waals surface area (Å²) in [5, 5.41) is 8.01. The van der Waals surface area contributed by atoms with Crippen LogP contribution in [0.2, 0.25) is 0 Å². The van der Waals surface area contributed by atoms with Gasteiger partial charge in [-0.2, -0.15) is 5.26 Å². The summed E-state index contributed by atoms with van der Waals surface area (Å²) >= 11 is 0. The lowest BCUT2D eigenvalue weighted by molar-refractivity contribution is 1.39. The van der Waals surface area contributed by atoms with E-state index in [0.29, 0.717) is 0 Å². The molecule has 0 heterocycles. The van der Waals surface area contributed by atoms with E-state index in [1.807, 2.05) is 26.0 Å². The van der Waals surface area contributed by atoms with Crippen molar-refractivity contribution in [3.63, 3.8) is 0 Å². The Labute approximate surface area is 49.9 Å². The summed E-state index contributed by atoms with van der Waals surface area (Å²) in [5.41, 5.74) is 1.21. The molecule has 0 N–H and O–H groups in total. The Morgan fingerprint density at radius 3 is 2.50 bits per heavy atom. The first kappa shape index (κ1) is 6.97. The molecule has 0 radical (unpaired) electrons. The molecule has 1 nitrogen and oxygen atoms in total. The fourth-order valence-corrected chi connectivity index (χ4v) is 0.284. The minimum Gasteiger partial charge on any atom is -0.193 e. The molecular weight excluding hydrogens is 98.1 g/mol. The maximum atomic E-state index is 8.01. The molecule has 0 spiro atoms. The van der Waals surface area contributed by atoms with Gasteiger partial charge in [0.05, 0.1) is 6.07 Å². The summed E-state index contributed by atoms with van der Waals surface area (Å²) in [6.45, 7) is 3.98. The lowest BCUT2D eigenvalue weighted by atomic mass is 10.3. The number of hydrogen-bond donors (Lipinski definition) is 0. The Kier molecular flexibility index (Phi) is 3.60. The molecule has 0 saturated carbocycles. The minimum atomic E-state index is 1.21. The number of nitrogens with zero attached hydrogens (tertiary/aromatic N) is 1. The van der Waals surface area contributed by atoms with Crippen molar-refractivity contribution in [3.05, 3.63) is 23.8 Å². The summed E-state index contributed by atoms with van der Waals surface area (Å²) in [6.07, 6.45) is 5.07. The summed E-state index contributed by atoms with van der Waals surface area (Å²) in [6, 6.07) is 1.90. The van der Waals surface area contributed by atoms with Gasteiger partial charge < -0.3 is 0 Å². The number of rotatable bonds is 1. The van der Waals surface area contributed by atoms with E-state index < -0.39 is 0 Å². The molecule has 0 unspecified atom stereocenters. The summed E-state index contributed by atoms with van der Waals surface area (Å²) < 4.78 is 0. The summed E-state index contributed by atoms with van der Waals surface area (Å²) in [7, 11) is 0. The van der Waals surface area contributed by atoms with Gasteiger partial charge in [-0.3, -0.25) is 0 Å². The zero-order chi connectivity index (χ0) is 6.41. The van der Waals surface area contributed by atoms with Crippen LogP contribution in [-0.4, -0.2) is 0 Å². The first-order valence-electron chi connectivity index (χ1n) is 2.47. The van der Waals surface area contributed by atoms with Gasteiger partial charge in [-0.25, -0.2) is 0 Å². The first-order valence-corrected chi connectivity index (χ1v) is 2.47. The number of nitriles is 1. The lowest BCUT2D eigenvalue weighted by Gasteiger charge is -1.77. The topological polar surface area (TPSA) is 23.8 Å². The van der Waals surface area contributed by atoms with Gasteiger partial charge in [-0.05, 0) is 13.8 Å². The van der Waals surface area contributed by atoms with Crippen molar-refractivity contribution in [1.29, 1.82) is 5.26 Å². The van der Waals surface area contributed by atoms with Crippen LogP contribution >= 0.6 is 0 Å². The van der Waals surface area contributed by atoms with Crippen LogP contribution in [0, 0.1) is 11.3 Å². The first-order chi connectivity index (χ1) is 3.77. The molecule has 0 aliphatic heterocycles. The SMILES string of the molecule is CC(C)=C/C=C\C#N. The predicted molar refractivity (Wildman–Crippen MR) is 34.2 cm³/mol. The van der Waals surface area contributed by atoms with Crippen LogP contribution in [0.3, 0.4) is 0 Å². The van der Waals surface area contributed by atoms with E-state index in [2.05, 4.69) is 0 Å². The molecule has 0 fully saturated rings. The second-order valence-corrected chi connectivity index (χ2v) is 1.73. The average Bonchev–Trinajstić information content (AvgIpc) is 1.66. The highest BCUT2D eigenvalue weighted by Gasteiger charge is 1.67. The molecule has 0 bridgehead atoms. The summed E-state index contributed by atoms with van der Waals surface area (Å²) in [4.78, 5) is 0. The van der Waals surface area contributed by atoms with E-state index in [9.17, 15) is 0 Å². The van der Waals surface area contributed by atoms with Gasteiger partial charge >= 0.3 is 0 Å². The van der Waals surface area contributed by atoms with E-state index in [-0.39, 0.29) is 0 Å². The third-order valence-electron chi connectivity index (χ3n) is 0.600. The second kappa shape index (κ2) is 4.14. The van der Waals surface area contributed by atoms with Crippen molar-refractivity contribution in [3.8, 4) is 6.07 Å². The Hall–Kier alpha value is -1.03. The van der Waals surface area contributed by atoms with Crippen molar-refractivity contribution in [2.45, 2.75) is 13.8 Å². The van der Waals surface area contributed by atoms with Gasteiger partial charge in [0.2, 0.25) is 0 Å². The van der Waals surface area contributed by atoms with Crippen LogP contribution in [0.4, 0.5) is 0 Å². The lowest BCUT2D eigenvalue weighted by Crippen LogP contribution is -1.57. The van der Waals surface area contributed by atoms with Gasteiger partial charge in [-0.15, -0.1) is 0 Å². The van der Waals surface area contributed by atoms with Gasteiger partial charge in [0.15, 0.2) is 0 Å². The van der Waals surface area contributed by atoms with Crippen LogP contribution in [0.1, 0.15) is 13.8 Å². The van der Waals surface area contributed by atoms with E-state index in [1.165, 1.54) is 11.6 Å². The standard InChI is InChI=1S/C7H9N/c1-7(2)5-3-4-6-8/h3-5H,1-2H3/b4-3-. The average molecular weight is 107 g/mol. The smallest absolute Gasteiger partial charge is 0.0912 e.